The van der Waals surface area contributed by atoms with Crippen LogP contribution < -0.4 is 4.74 Å². The molecule has 0 aliphatic rings. The number of aromatic nitrogens is 1. The van der Waals surface area contributed by atoms with Gasteiger partial charge in [0, 0.05) is 10.9 Å². The zero-order chi connectivity index (χ0) is 13.2. The number of fused-ring (bicyclic) bond motifs is 1. The van der Waals surface area contributed by atoms with Gasteiger partial charge in [-0.05, 0) is 43.2 Å². The third-order valence-corrected chi connectivity index (χ3v) is 3.37. The summed E-state index contributed by atoms with van der Waals surface area (Å²) >= 11 is 0. The van der Waals surface area contributed by atoms with E-state index < -0.39 is 0 Å². The van der Waals surface area contributed by atoms with Gasteiger partial charge in [0.15, 0.2) is 0 Å². The molecule has 0 spiro atoms. The number of nitrogens with one attached hydrogen (secondary N) is 1. The third kappa shape index (κ3) is 2.34. The van der Waals surface area contributed by atoms with Crippen molar-refractivity contribution in [3.05, 3.63) is 65.4 Å². The Labute approximate surface area is 113 Å². The van der Waals surface area contributed by atoms with Crippen molar-refractivity contribution in [3.63, 3.8) is 0 Å². The van der Waals surface area contributed by atoms with E-state index in [-0.39, 0.29) is 0 Å². The SMILES string of the molecule is Cc1ccc(COc2cccc3[nH][c]cc23)c(C)c1. The van der Waals surface area contributed by atoms with Crippen molar-refractivity contribution in [1.29, 1.82) is 0 Å². The van der Waals surface area contributed by atoms with Gasteiger partial charge in [-0.3, -0.25) is 0 Å². The molecular formula is C17H16NO. The lowest BCUT2D eigenvalue weighted by molar-refractivity contribution is 0.309. The monoisotopic (exact) mass is 250 g/mol. The highest BCUT2D eigenvalue weighted by Gasteiger charge is 2.04. The molecule has 19 heavy (non-hydrogen) atoms. The molecule has 1 radical (unpaired) electrons. The molecule has 2 nitrogen and oxygen atoms in total. The van der Waals surface area contributed by atoms with Gasteiger partial charge in [0.2, 0.25) is 0 Å². The Morgan fingerprint density at radius 1 is 1.16 bits per heavy atom. The standard InChI is InChI=1S/C17H16NO/c1-12-6-7-14(13(2)10-12)11-19-17-5-3-4-16-15(17)8-9-18-16/h3-8,10,18H,11H2,1-2H3. The molecular weight excluding hydrogens is 234 g/mol. The fourth-order valence-corrected chi connectivity index (χ4v) is 2.28. The Kier molecular flexibility index (Phi) is 3.00. The summed E-state index contributed by atoms with van der Waals surface area (Å²) in [6.45, 7) is 4.82. The van der Waals surface area contributed by atoms with Gasteiger partial charge in [-0.1, -0.05) is 29.8 Å². The first kappa shape index (κ1) is 11.8. The fraction of sp³-hybridized carbons (Fsp3) is 0.176. The van der Waals surface area contributed by atoms with Gasteiger partial charge in [-0.25, -0.2) is 0 Å². The van der Waals surface area contributed by atoms with E-state index >= 15 is 0 Å². The number of hydrogen-bond donors (Lipinski definition) is 1. The fourth-order valence-electron chi connectivity index (χ4n) is 2.28. The Hall–Kier alpha value is -2.22. The van der Waals surface area contributed by atoms with Crippen LogP contribution in [0, 0.1) is 20.0 Å². The molecule has 1 aromatic heterocycles. The van der Waals surface area contributed by atoms with Crippen LogP contribution >= 0.6 is 0 Å². The minimum atomic E-state index is 0.594. The van der Waals surface area contributed by atoms with Crippen LogP contribution in [0.15, 0.2) is 42.5 Å². The highest BCUT2D eigenvalue weighted by Crippen LogP contribution is 2.25. The number of ether oxygens (including phenoxy) is 1. The number of aryl methyl sites for hydroxylation is 2. The van der Waals surface area contributed by atoms with Crippen LogP contribution in [0.4, 0.5) is 0 Å². The van der Waals surface area contributed by atoms with Gasteiger partial charge in [0.25, 0.3) is 0 Å². The van der Waals surface area contributed by atoms with Crippen LogP contribution in [-0.2, 0) is 6.61 Å². The average molecular weight is 250 g/mol. The van der Waals surface area contributed by atoms with Crippen LogP contribution in [-0.4, -0.2) is 4.98 Å². The van der Waals surface area contributed by atoms with Gasteiger partial charge >= 0.3 is 0 Å². The molecule has 0 aliphatic carbocycles. The average Bonchev–Trinajstić information content (AvgIpc) is 2.86. The summed E-state index contributed by atoms with van der Waals surface area (Å²) in [5, 5.41) is 1.08. The van der Waals surface area contributed by atoms with Crippen molar-refractivity contribution >= 4 is 10.9 Å². The van der Waals surface area contributed by atoms with E-state index in [1.54, 1.807) is 0 Å². The Balaban J connectivity index is 1.84. The van der Waals surface area contributed by atoms with E-state index in [0.717, 1.165) is 16.7 Å². The Morgan fingerprint density at radius 3 is 2.89 bits per heavy atom. The number of hydrogen-bond acceptors (Lipinski definition) is 1. The molecule has 0 saturated heterocycles. The summed E-state index contributed by atoms with van der Waals surface area (Å²) in [5.74, 6) is 0.898. The first-order valence-corrected chi connectivity index (χ1v) is 6.41. The van der Waals surface area contributed by atoms with Crippen LogP contribution in [0.1, 0.15) is 16.7 Å². The summed E-state index contributed by atoms with van der Waals surface area (Å²) in [5.41, 5.74) is 4.83. The van der Waals surface area contributed by atoms with E-state index in [1.165, 1.54) is 16.7 Å². The van der Waals surface area contributed by atoms with Crippen molar-refractivity contribution in [2.75, 3.05) is 0 Å². The van der Waals surface area contributed by atoms with Crippen molar-refractivity contribution < 1.29 is 4.74 Å². The quantitative estimate of drug-likeness (QED) is 0.741. The predicted molar refractivity (Wildman–Crippen MR) is 77.4 cm³/mol. The van der Waals surface area contributed by atoms with E-state index in [0.29, 0.717) is 6.61 Å². The highest BCUT2D eigenvalue weighted by atomic mass is 16.5. The Bertz CT molecular complexity index is 712. The minimum absolute atomic E-state index is 0.594. The molecule has 1 N–H and O–H groups in total. The maximum Gasteiger partial charge on any atom is 0.129 e. The van der Waals surface area contributed by atoms with Gasteiger partial charge in [0.1, 0.15) is 12.4 Å². The molecule has 2 aromatic carbocycles. The first-order valence-electron chi connectivity index (χ1n) is 6.41. The largest absolute Gasteiger partial charge is 0.488 e. The van der Waals surface area contributed by atoms with Crippen LogP contribution in [0.3, 0.4) is 0 Å². The molecule has 0 aliphatic heterocycles. The summed E-state index contributed by atoms with van der Waals surface area (Å²) < 4.78 is 5.94. The molecule has 3 aromatic rings. The zero-order valence-electron chi connectivity index (χ0n) is 11.2. The van der Waals surface area contributed by atoms with Crippen LogP contribution in [0.2, 0.25) is 0 Å². The van der Waals surface area contributed by atoms with Crippen molar-refractivity contribution in [2.45, 2.75) is 20.5 Å². The molecule has 0 saturated carbocycles. The maximum absolute atomic E-state index is 5.94. The molecule has 0 amide bonds. The lowest BCUT2D eigenvalue weighted by atomic mass is 10.1. The van der Waals surface area contributed by atoms with Gasteiger partial charge in [0.05, 0.1) is 6.20 Å². The second-order valence-electron chi connectivity index (χ2n) is 4.85. The van der Waals surface area contributed by atoms with Gasteiger partial charge in [-0.2, -0.15) is 0 Å². The van der Waals surface area contributed by atoms with Crippen molar-refractivity contribution in [2.24, 2.45) is 0 Å². The molecule has 95 valence electrons. The topological polar surface area (TPSA) is 25.0 Å². The first-order chi connectivity index (χ1) is 9.24. The van der Waals surface area contributed by atoms with Crippen molar-refractivity contribution in [1.82, 2.24) is 4.98 Å². The predicted octanol–water partition coefficient (Wildman–Crippen LogP) is 4.16. The number of H-pyrrole nitrogens is 1. The number of benzene rings is 2. The molecule has 3 rings (SSSR count). The maximum atomic E-state index is 5.94. The second-order valence-corrected chi connectivity index (χ2v) is 4.85. The molecule has 2 heteroatoms. The zero-order valence-corrected chi connectivity index (χ0v) is 11.2. The normalized spacial score (nSPS) is 10.8. The summed E-state index contributed by atoms with van der Waals surface area (Å²) in [6.07, 6.45) is 2.99. The molecule has 0 unspecified atom stereocenters. The van der Waals surface area contributed by atoms with Crippen LogP contribution in [0.25, 0.3) is 10.9 Å². The number of rotatable bonds is 3. The molecule has 1 heterocycles. The number of aromatic amines is 1. The van der Waals surface area contributed by atoms with Gasteiger partial charge in [-0.15, -0.1) is 0 Å². The van der Waals surface area contributed by atoms with Gasteiger partial charge < -0.3 is 9.72 Å². The van der Waals surface area contributed by atoms with E-state index in [2.05, 4.69) is 43.2 Å². The minimum Gasteiger partial charge on any atom is -0.488 e. The highest BCUT2D eigenvalue weighted by molar-refractivity contribution is 5.85. The molecule has 0 bridgehead atoms. The summed E-state index contributed by atoms with van der Waals surface area (Å²) in [7, 11) is 0. The summed E-state index contributed by atoms with van der Waals surface area (Å²) in [4.78, 5) is 3.07. The molecule has 0 fully saturated rings. The Morgan fingerprint density at radius 2 is 2.05 bits per heavy atom. The smallest absolute Gasteiger partial charge is 0.129 e. The third-order valence-electron chi connectivity index (χ3n) is 3.37. The van der Waals surface area contributed by atoms with E-state index in [9.17, 15) is 0 Å². The van der Waals surface area contributed by atoms with Crippen molar-refractivity contribution in [3.8, 4) is 5.75 Å². The summed E-state index contributed by atoms with van der Waals surface area (Å²) in [6, 6.07) is 14.4. The molecule has 0 atom stereocenters. The van der Waals surface area contributed by atoms with E-state index in [1.807, 2.05) is 24.3 Å². The second kappa shape index (κ2) is 4.81. The lowest BCUT2D eigenvalue weighted by Crippen LogP contribution is -1.98. The van der Waals surface area contributed by atoms with Crippen LogP contribution in [0.5, 0.6) is 5.75 Å². The van der Waals surface area contributed by atoms with E-state index in [4.69, 9.17) is 4.74 Å². The lowest BCUT2D eigenvalue weighted by Gasteiger charge is -2.10.